The molecule has 2 aromatic heterocycles. The standard InChI is InChI=1S/C20H20F3N7O2S/c1-11(2)15-9-30(6-5-24-15)19-25-8-14(27-28-19)13-4-3-12(17-26-10-33-29-17)7-16(13)32-18(31)20(21,22)23/h3-4,7-8,10-11,15,24H,5-6,9H2,1-2H3/t15-/m1/s1. The van der Waals surface area contributed by atoms with Gasteiger partial charge < -0.3 is 15.0 Å². The third kappa shape index (κ3) is 5.25. The number of carbonyl (C=O) groups excluding carboxylic acids is 1. The van der Waals surface area contributed by atoms with Crippen molar-refractivity contribution in [2.24, 2.45) is 5.92 Å². The van der Waals surface area contributed by atoms with E-state index in [1.807, 2.05) is 4.90 Å². The van der Waals surface area contributed by atoms with Gasteiger partial charge in [0, 0.05) is 36.8 Å². The molecule has 1 aliphatic rings. The van der Waals surface area contributed by atoms with Gasteiger partial charge in [-0.3, -0.25) is 0 Å². The predicted molar refractivity (Wildman–Crippen MR) is 115 cm³/mol. The molecule has 1 atom stereocenters. The number of aromatic nitrogens is 5. The second-order valence-electron chi connectivity index (χ2n) is 7.75. The fraction of sp³-hybridized carbons (Fsp3) is 0.400. The van der Waals surface area contributed by atoms with Crippen LogP contribution in [-0.2, 0) is 4.79 Å². The van der Waals surface area contributed by atoms with Gasteiger partial charge in [0.2, 0.25) is 5.95 Å². The van der Waals surface area contributed by atoms with Gasteiger partial charge in [-0.2, -0.15) is 17.5 Å². The lowest BCUT2D eigenvalue weighted by atomic mass is 10.0. The van der Waals surface area contributed by atoms with Crippen molar-refractivity contribution in [1.82, 2.24) is 29.9 Å². The molecule has 0 bridgehead atoms. The predicted octanol–water partition coefficient (Wildman–Crippen LogP) is 2.96. The van der Waals surface area contributed by atoms with E-state index >= 15 is 0 Å². The Morgan fingerprint density at radius 2 is 2.09 bits per heavy atom. The fourth-order valence-corrected chi connectivity index (χ4v) is 3.80. The van der Waals surface area contributed by atoms with Gasteiger partial charge in [0.1, 0.15) is 17.0 Å². The van der Waals surface area contributed by atoms with Crippen LogP contribution in [0.2, 0.25) is 0 Å². The third-order valence-electron chi connectivity index (χ3n) is 5.15. The van der Waals surface area contributed by atoms with Crippen molar-refractivity contribution in [2.75, 3.05) is 24.5 Å². The Labute approximate surface area is 191 Å². The van der Waals surface area contributed by atoms with Crippen molar-refractivity contribution in [3.05, 3.63) is 29.9 Å². The van der Waals surface area contributed by atoms with Crippen molar-refractivity contribution in [2.45, 2.75) is 26.1 Å². The van der Waals surface area contributed by atoms with Crippen molar-refractivity contribution in [3.8, 4) is 28.4 Å². The Balaban J connectivity index is 1.64. The van der Waals surface area contributed by atoms with Crippen LogP contribution in [0.1, 0.15) is 13.8 Å². The summed E-state index contributed by atoms with van der Waals surface area (Å²) in [5.74, 6) is -1.53. The van der Waals surface area contributed by atoms with Crippen LogP contribution >= 0.6 is 11.5 Å². The molecule has 1 aliphatic heterocycles. The van der Waals surface area contributed by atoms with Gasteiger partial charge in [-0.25, -0.2) is 14.8 Å². The number of rotatable bonds is 5. The summed E-state index contributed by atoms with van der Waals surface area (Å²) in [7, 11) is 0. The number of nitrogens with zero attached hydrogens (tertiary/aromatic N) is 6. The maximum atomic E-state index is 12.8. The summed E-state index contributed by atoms with van der Waals surface area (Å²) >= 11 is 1.09. The minimum Gasteiger partial charge on any atom is -0.419 e. The number of anilines is 1. The molecule has 3 heterocycles. The zero-order chi connectivity index (χ0) is 23.6. The molecule has 1 N–H and O–H groups in total. The second-order valence-corrected chi connectivity index (χ2v) is 8.35. The van der Waals surface area contributed by atoms with E-state index in [1.54, 1.807) is 6.07 Å². The summed E-state index contributed by atoms with van der Waals surface area (Å²) in [5.41, 5.74) is 2.18. The molecule has 0 aliphatic carbocycles. The molecule has 174 valence electrons. The van der Waals surface area contributed by atoms with Crippen molar-refractivity contribution >= 4 is 23.5 Å². The van der Waals surface area contributed by atoms with Crippen LogP contribution in [0.25, 0.3) is 22.6 Å². The van der Waals surface area contributed by atoms with Crippen molar-refractivity contribution in [1.29, 1.82) is 0 Å². The normalized spacial score (nSPS) is 16.8. The highest BCUT2D eigenvalue weighted by Gasteiger charge is 2.42. The number of esters is 1. The summed E-state index contributed by atoms with van der Waals surface area (Å²) < 4.78 is 47.2. The molecule has 0 spiro atoms. The highest BCUT2D eigenvalue weighted by molar-refractivity contribution is 7.03. The van der Waals surface area contributed by atoms with E-state index in [4.69, 9.17) is 0 Å². The first-order valence-corrected chi connectivity index (χ1v) is 10.9. The highest BCUT2D eigenvalue weighted by atomic mass is 32.1. The van der Waals surface area contributed by atoms with Crippen LogP contribution in [-0.4, -0.2) is 62.4 Å². The minimum atomic E-state index is -5.16. The van der Waals surface area contributed by atoms with Crippen LogP contribution in [0, 0.1) is 5.92 Å². The maximum absolute atomic E-state index is 12.8. The summed E-state index contributed by atoms with van der Waals surface area (Å²) in [6.45, 7) is 6.43. The van der Waals surface area contributed by atoms with Gasteiger partial charge in [-0.05, 0) is 29.6 Å². The van der Waals surface area contributed by atoms with Crippen LogP contribution in [0.5, 0.6) is 5.75 Å². The van der Waals surface area contributed by atoms with Gasteiger partial charge in [0.25, 0.3) is 0 Å². The number of nitrogens with one attached hydrogen (secondary N) is 1. The second kappa shape index (κ2) is 9.35. The summed E-state index contributed by atoms with van der Waals surface area (Å²) in [6, 6.07) is 4.62. The van der Waals surface area contributed by atoms with Crippen LogP contribution in [0.3, 0.4) is 0 Å². The Bertz CT molecular complexity index is 1110. The molecule has 0 radical (unpaired) electrons. The quantitative estimate of drug-likeness (QED) is 0.437. The Morgan fingerprint density at radius 1 is 1.27 bits per heavy atom. The van der Waals surface area contributed by atoms with Gasteiger partial charge in [-0.15, -0.1) is 10.2 Å². The minimum absolute atomic E-state index is 0.137. The van der Waals surface area contributed by atoms with Gasteiger partial charge in [-0.1, -0.05) is 19.9 Å². The van der Waals surface area contributed by atoms with Crippen LogP contribution < -0.4 is 15.0 Å². The molecule has 4 rings (SSSR count). The summed E-state index contributed by atoms with van der Waals surface area (Å²) in [4.78, 5) is 21.9. The molecule has 1 saturated heterocycles. The number of piperazine rings is 1. The number of carbonyl (C=O) groups is 1. The largest absolute Gasteiger partial charge is 0.491 e. The van der Waals surface area contributed by atoms with Crippen molar-refractivity contribution < 1.29 is 22.7 Å². The first-order valence-electron chi connectivity index (χ1n) is 10.1. The van der Waals surface area contributed by atoms with Crippen LogP contribution in [0.15, 0.2) is 29.9 Å². The van der Waals surface area contributed by atoms with Gasteiger partial charge >= 0.3 is 12.1 Å². The molecule has 0 amide bonds. The first-order chi connectivity index (χ1) is 15.7. The molecule has 3 aromatic rings. The lowest BCUT2D eigenvalue weighted by Gasteiger charge is -2.35. The average Bonchev–Trinajstić information content (AvgIpc) is 3.34. The zero-order valence-electron chi connectivity index (χ0n) is 17.7. The lowest BCUT2D eigenvalue weighted by molar-refractivity contribution is -0.189. The van der Waals surface area contributed by atoms with E-state index in [0.717, 1.165) is 18.1 Å². The van der Waals surface area contributed by atoms with E-state index in [1.165, 1.54) is 23.8 Å². The molecule has 0 unspecified atom stereocenters. The van der Waals surface area contributed by atoms with E-state index in [-0.39, 0.29) is 23.0 Å². The van der Waals surface area contributed by atoms with E-state index in [0.29, 0.717) is 36.3 Å². The molecular formula is C20H20F3N7O2S. The molecular weight excluding hydrogens is 459 g/mol. The first kappa shape index (κ1) is 23.0. The molecule has 33 heavy (non-hydrogen) atoms. The smallest absolute Gasteiger partial charge is 0.419 e. The number of halogens is 3. The van der Waals surface area contributed by atoms with Crippen molar-refractivity contribution in [3.63, 3.8) is 0 Å². The third-order valence-corrected chi connectivity index (χ3v) is 5.63. The SMILES string of the molecule is CC(C)[C@H]1CN(c2ncc(-c3ccc(-c4ncsn4)cc3OC(=O)C(F)(F)F)nn2)CCN1. The lowest BCUT2D eigenvalue weighted by Crippen LogP contribution is -2.53. The Morgan fingerprint density at radius 3 is 2.73 bits per heavy atom. The number of hydrogen-bond acceptors (Lipinski definition) is 10. The highest BCUT2D eigenvalue weighted by Crippen LogP contribution is 2.34. The zero-order valence-corrected chi connectivity index (χ0v) is 18.5. The van der Waals surface area contributed by atoms with E-state index in [2.05, 4.69) is 48.4 Å². The summed E-state index contributed by atoms with van der Waals surface area (Å²) in [6.07, 6.45) is -3.76. The van der Waals surface area contributed by atoms with Gasteiger partial charge in [0.15, 0.2) is 5.82 Å². The average molecular weight is 479 g/mol. The monoisotopic (exact) mass is 479 g/mol. The maximum Gasteiger partial charge on any atom is 0.491 e. The number of ether oxygens (including phenoxy) is 1. The number of benzene rings is 1. The van der Waals surface area contributed by atoms with Crippen LogP contribution in [0.4, 0.5) is 19.1 Å². The Hall–Kier alpha value is -3.19. The topological polar surface area (TPSA) is 106 Å². The number of hydrogen-bond donors (Lipinski definition) is 1. The summed E-state index contributed by atoms with van der Waals surface area (Å²) in [5, 5.41) is 11.7. The fourth-order valence-electron chi connectivity index (χ4n) is 3.36. The van der Waals surface area contributed by atoms with Gasteiger partial charge in [0.05, 0.1) is 6.20 Å². The molecule has 1 fully saturated rings. The molecule has 1 aromatic carbocycles. The number of alkyl halides is 3. The Kier molecular flexibility index (Phi) is 6.51. The van der Waals surface area contributed by atoms with E-state index in [9.17, 15) is 18.0 Å². The van der Waals surface area contributed by atoms with E-state index < -0.39 is 12.1 Å². The molecule has 13 heteroatoms. The molecule has 9 nitrogen and oxygen atoms in total. The molecule has 0 saturated carbocycles.